The molecule has 0 unspecified atom stereocenters. The number of hydrazone groups is 1. The smallest absolute Gasteiger partial charge is 0.271 e. The van der Waals surface area contributed by atoms with Crippen LogP contribution in [0.15, 0.2) is 108 Å². The van der Waals surface area contributed by atoms with Gasteiger partial charge in [-0.25, -0.2) is 5.43 Å². The van der Waals surface area contributed by atoms with E-state index in [0.29, 0.717) is 5.56 Å². The second kappa shape index (κ2) is 10.8. The molecule has 1 aliphatic heterocycles. The number of carbonyl (C=O) groups excluding carboxylic acids is 1. The molecule has 1 aliphatic rings. The summed E-state index contributed by atoms with van der Waals surface area (Å²) in [5.41, 5.74) is 8.11. The number of hydrogen-bond acceptors (Lipinski definition) is 4. The highest BCUT2D eigenvalue weighted by Crippen LogP contribution is 2.21. The van der Waals surface area contributed by atoms with Crippen LogP contribution < -0.4 is 10.2 Å². The van der Waals surface area contributed by atoms with E-state index in [9.17, 15) is 4.79 Å². The highest BCUT2D eigenvalue weighted by atomic mass is 16.5. The molecule has 174 valence electrons. The number of para-hydroxylation sites is 1. The number of nitrogens with zero attached hydrogens (tertiary/aromatic N) is 2. The Kier molecular flexibility index (Phi) is 6.97. The van der Waals surface area contributed by atoms with Crippen molar-refractivity contribution in [3.8, 4) is 11.5 Å². The molecule has 0 bridgehead atoms. The zero-order valence-electron chi connectivity index (χ0n) is 19.4. The van der Waals surface area contributed by atoms with Crippen molar-refractivity contribution in [2.24, 2.45) is 5.10 Å². The van der Waals surface area contributed by atoms with Crippen molar-refractivity contribution in [1.82, 2.24) is 10.3 Å². The summed E-state index contributed by atoms with van der Waals surface area (Å²) < 4.78 is 5.79. The van der Waals surface area contributed by atoms with Crippen LogP contribution in [0.3, 0.4) is 0 Å². The second-order valence-corrected chi connectivity index (χ2v) is 8.61. The van der Waals surface area contributed by atoms with Gasteiger partial charge >= 0.3 is 0 Å². The van der Waals surface area contributed by atoms with E-state index in [0.717, 1.165) is 43.1 Å². The summed E-state index contributed by atoms with van der Waals surface area (Å²) in [5, 5.41) is 4.10. The second-order valence-electron chi connectivity index (χ2n) is 8.61. The number of hydrogen-bond donors (Lipinski definition) is 1. The molecular weight excluding hydrogens is 434 g/mol. The normalized spacial score (nSPS) is 13.4. The first-order valence-electron chi connectivity index (χ1n) is 11.8. The zero-order chi connectivity index (χ0) is 23.9. The minimum Gasteiger partial charge on any atom is -0.457 e. The van der Waals surface area contributed by atoms with E-state index in [4.69, 9.17) is 4.74 Å². The van der Waals surface area contributed by atoms with Gasteiger partial charge in [0, 0.05) is 25.2 Å². The third kappa shape index (κ3) is 6.02. The van der Waals surface area contributed by atoms with Crippen molar-refractivity contribution in [1.29, 1.82) is 0 Å². The molecule has 1 heterocycles. The van der Waals surface area contributed by atoms with E-state index in [1.807, 2.05) is 78.9 Å². The third-order valence-corrected chi connectivity index (χ3v) is 6.07. The average Bonchev–Trinajstić information content (AvgIpc) is 2.90. The van der Waals surface area contributed by atoms with Gasteiger partial charge < -0.3 is 4.74 Å². The number of fused-ring (bicyclic) bond motifs is 1. The fourth-order valence-corrected chi connectivity index (χ4v) is 4.19. The van der Waals surface area contributed by atoms with Crippen molar-refractivity contribution in [2.45, 2.75) is 19.5 Å². The lowest BCUT2D eigenvalue weighted by Gasteiger charge is -2.28. The van der Waals surface area contributed by atoms with Crippen LogP contribution in [0.2, 0.25) is 0 Å². The van der Waals surface area contributed by atoms with Gasteiger partial charge in [0.1, 0.15) is 11.5 Å². The molecule has 5 heteroatoms. The maximum Gasteiger partial charge on any atom is 0.271 e. The summed E-state index contributed by atoms with van der Waals surface area (Å²) in [4.78, 5) is 14.9. The summed E-state index contributed by atoms with van der Waals surface area (Å²) in [6.07, 6.45) is 2.70. The minimum absolute atomic E-state index is 0.233. The average molecular weight is 462 g/mol. The number of amides is 1. The Bertz CT molecular complexity index is 1300. The van der Waals surface area contributed by atoms with Gasteiger partial charge in [0.05, 0.1) is 6.21 Å². The van der Waals surface area contributed by atoms with Gasteiger partial charge in [-0.1, -0.05) is 54.6 Å². The van der Waals surface area contributed by atoms with Gasteiger partial charge in [-0.3, -0.25) is 9.69 Å². The molecular formula is C30H27N3O2. The van der Waals surface area contributed by atoms with Crippen LogP contribution in [-0.2, 0) is 19.5 Å². The van der Waals surface area contributed by atoms with E-state index in [2.05, 4.69) is 39.7 Å². The Morgan fingerprint density at radius 3 is 2.29 bits per heavy atom. The Morgan fingerprint density at radius 1 is 0.829 bits per heavy atom. The maximum atomic E-state index is 12.5. The van der Waals surface area contributed by atoms with Gasteiger partial charge in [0.2, 0.25) is 0 Å². The molecule has 0 radical (unpaired) electrons. The predicted molar refractivity (Wildman–Crippen MR) is 139 cm³/mol. The van der Waals surface area contributed by atoms with E-state index in [-0.39, 0.29) is 5.91 Å². The molecule has 5 nitrogen and oxygen atoms in total. The van der Waals surface area contributed by atoms with E-state index < -0.39 is 0 Å². The molecule has 1 amide bonds. The molecule has 0 fully saturated rings. The summed E-state index contributed by atoms with van der Waals surface area (Å²) in [6, 6.07) is 33.5. The molecule has 4 aromatic rings. The third-order valence-electron chi connectivity index (χ3n) is 6.07. The van der Waals surface area contributed by atoms with Gasteiger partial charge in [-0.15, -0.1) is 0 Å². The first-order valence-corrected chi connectivity index (χ1v) is 11.8. The largest absolute Gasteiger partial charge is 0.457 e. The van der Waals surface area contributed by atoms with Crippen LogP contribution in [0.1, 0.15) is 32.6 Å². The van der Waals surface area contributed by atoms with E-state index in [1.54, 1.807) is 6.21 Å². The summed E-state index contributed by atoms with van der Waals surface area (Å²) in [5.74, 6) is 1.29. The highest BCUT2D eigenvalue weighted by Gasteiger charge is 2.16. The SMILES string of the molecule is O=C(N/N=C\c1ccc(Oc2ccccc2)cc1)c1ccc(CN2CCc3ccccc3C2)cc1. The lowest BCUT2D eigenvalue weighted by Crippen LogP contribution is -2.30. The van der Waals surface area contributed by atoms with Crippen LogP contribution >= 0.6 is 0 Å². The first-order chi connectivity index (χ1) is 17.2. The van der Waals surface area contributed by atoms with Crippen molar-refractivity contribution >= 4 is 12.1 Å². The van der Waals surface area contributed by atoms with Crippen LogP contribution in [0.25, 0.3) is 0 Å². The highest BCUT2D eigenvalue weighted by molar-refractivity contribution is 5.94. The number of rotatable bonds is 7. The fraction of sp³-hybridized carbons (Fsp3) is 0.133. The molecule has 1 N–H and O–H groups in total. The lowest BCUT2D eigenvalue weighted by atomic mass is 9.99. The standard InChI is InChI=1S/C30H27N3O2/c34-30(32-31-20-23-12-16-29(17-13-23)35-28-8-2-1-3-9-28)26-14-10-24(11-15-26)21-33-19-18-25-6-4-5-7-27(25)22-33/h1-17,20H,18-19,21-22H2,(H,32,34)/b31-20-. The molecule has 0 saturated carbocycles. The lowest BCUT2D eigenvalue weighted by molar-refractivity contribution is 0.0955. The molecule has 0 aromatic heterocycles. The zero-order valence-corrected chi connectivity index (χ0v) is 19.4. The molecule has 0 spiro atoms. The molecule has 5 rings (SSSR count). The van der Waals surface area contributed by atoms with Crippen molar-refractivity contribution in [2.75, 3.05) is 6.54 Å². The number of carbonyl (C=O) groups is 1. The van der Waals surface area contributed by atoms with Gasteiger partial charge in [0.15, 0.2) is 0 Å². The van der Waals surface area contributed by atoms with Crippen LogP contribution in [0.5, 0.6) is 11.5 Å². The molecule has 0 aliphatic carbocycles. The summed E-state index contributed by atoms with van der Waals surface area (Å²) in [6.45, 7) is 2.89. The summed E-state index contributed by atoms with van der Waals surface area (Å²) >= 11 is 0. The van der Waals surface area contributed by atoms with Crippen molar-refractivity contribution in [3.63, 3.8) is 0 Å². The summed E-state index contributed by atoms with van der Waals surface area (Å²) in [7, 11) is 0. The van der Waals surface area contributed by atoms with Gasteiger partial charge in [0.25, 0.3) is 5.91 Å². The molecule has 35 heavy (non-hydrogen) atoms. The van der Waals surface area contributed by atoms with E-state index in [1.165, 1.54) is 16.7 Å². The minimum atomic E-state index is -0.233. The van der Waals surface area contributed by atoms with Gasteiger partial charge in [-0.2, -0.15) is 5.10 Å². The number of ether oxygens (including phenoxy) is 1. The molecule has 0 saturated heterocycles. The number of nitrogens with one attached hydrogen (secondary N) is 1. The van der Waals surface area contributed by atoms with Gasteiger partial charge in [-0.05, 0) is 77.2 Å². The van der Waals surface area contributed by atoms with Crippen molar-refractivity contribution in [3.05, 3.63) is 131 Å². The number of benzene rings is 4. The molecule has 4 aromatic carbocycles. The van der Waals surface area contributed by atoms with Crippen LogP contribution in [0, 0.1) is 0 Å². The van der Waals surface area contributed by atoms with Crippen LogP contribution in [0.4, 0.5) is 0 Å². The van der Waals surface area contributed by atoms with E-state index >= 15 is 0 Å². The Labute approximate surface area is 205 Å². The Morgan fingerprint density at radius 2 is 1.51 bits per heavy atom. The predicted octanol–water partition coefficient (Wildman–Crippen LogP) is 5.80. The maximum absolute atomic E-state index is 12.5. The first kappa shape index (κ1) is 22.6. The molecule has 0 atom stereocenters. The topological polar surface area (TPSA) is 53.9 Å². The Balaban J connectivity index is 1.11. The van der Waals surface area contributed by atoms with Crippen molar-refractivity contribution < 1.29 is 9.53 Å². The quantitative estimate of drug-likeness (QED) is 0.280. The van der Waals surface area contributed by atoms with Crippen LogP contribution in [-0.4, -0.2) is 23.6 Å². The Hall–Kier alpha value is -4.22. The fourth-order valence-electron chi connectivity index (χ4n) is 4.19. The monoisotopic (exact) mass is 461 g/mol.